The molecule has 1 heterocycles. The fourth-order valence-electron chi connectivity index (χ4n) is 3.10. The van der Waals surface area contributed by atoms with Crippen molar-refractivity contribution in [3.63, 3.8) is 0 Å². The third-order valence-corrected chi connectivity index (χ3v) is 6.29. The molecule has 3 rings (SSSR count). The first-order valence-corrected chi connectivity index (χ1v) is 11.4. The van der Waals surface area contributed by atoms with Gasteiger partial charge in [0.25, 0.3) is 11.8 Å². The maximum absolute atomic E-state index is 13.1. The number of anilines is 2. The smallest absolute Gasteiger partial charge is 0.341 e. The summed E-state index contributed by atoms with van der Waals surface area (Å²) >= 11 is 6.79. The van der Waals surface area contributed by atoms with Crippen LogP contribution in [0.2, 0.25) is 5.02 Å². The molecule has 0 fully saturated rings. The van der Waals surface area contributed by atoms with E-state index < -0.39 is 17.8 Å². The number of benzene rings is 2. The molecule has 0 aliphatic carbocycles. The number of halogens is 1. The highest BCUT2D eigenvalue weighted by Crippen LogP contribution is 2.35. The molecule has 0 atom stereocenters. The molecule has 0 spiro atoms. The second-order valence-electron chi connectivity index (χ2n) is 7.06. The van der Waals surface area contributed by atoms with Crippen molar-refractivity contribution in [3.05, 3.63) is 63.5 Å². The SMILES string of the molecule is COC(=O)c1c(NC(=O)COc2ccc(Cl)cc2)sc(C(=O)Nc2cc(OC)ccc2OC)c1C. The number of thiophene rings is 1. The van der Waals surface area contributed by atoms with Gasteiger partial charge >= 0.3 is 5.97 Å². The average Bonchev–Trinajstić information content (AvgIpc) is 3.18. The van der Waals surface area contributed by atoms with E-state index in [0.717, 1.165) is 11.3 Å². The minimum Gasteiger partial charge on any atom is -0.497 e. The number of ether oxygens (including phenoxy) is 4. The van der Waals surface area contributed by atoms with Gasteiger partial charge < -0.3 is 29.6 Å². The third-order valence-electron chi connectivity index (χ3n) is 4.83. The van der Waals surface area contributed by atoms with Crippen molar-refractivity contribution in [2.75, 3.05) is 38.6 Å². The van der Waals surface area contributed by atoms with E-state index in [2.05, 4.69) is 10.6 Å². The first kappa shape index (κ1) is 25.9. The lowest BCUT2D eigenvalue weighted by atomic mass is 10.1. The van der Waals surface area contributed by atoms with E-state index in [4.69, 9.17) is 30.5 Å². The summed E-state index contributed by atoms with van der Waals surface area (Å²) in [6.07, 6.45) is 0. The third kappa shape index (κ3) is 6.23. The lowest BCUT2D eigenvalue weighted by Gasteiger charge is -2.11. The van der Waals surface area contributed by atoms with Crippen molar-refractivity contribution in [1.29, 1.82) is 0 Å². The number of amides is 2. The number of nitrogens with one attached hydrogen (secondary N) is 2. The number of hydrogen-bond acceptors (Lipinski definition) is 8. The lowest BCUT2D eigenvalue weighted by molar-refractivity contribution is -0.118. The Hall–Kier alpha value is -3.76. The molecule has 2 aromatic carbocycles. The van der Waals surface area contributed by atoms with E-state index in [9.17, 15) is 14.4 Å². The summed E-state index contributed by atoms with van der Waals surface area (Å²) in [7, 11) is 4.20. The Morgan fingerprint density at radius 2 is 1.63 bits per heavy atom. The van der Waals surface area contributed by atoms with E-state index in [0.29, 0.717) is 33.5 Å². The van der Waals surface area contributed by atoms with Crippen molar-refractivity contribution in [2.24, 2.45) is 0 Å². The van der Waals surface area contributed by atoms with Gasteiger partial charge in [-0.15, -0.1) is 11.3 Å². The van der Waals surface area contributed by atoms with Crippen molar-refractivity contribution in [3.8, 4) is 17.2 Å². The van der Waals surface area contributed by atoms with E-state index in [1.54, 1.807) is 49.4 Å². The molecule has 0 aliphatic rings. The minimum atomic E-state index is -0.689. The first-order chi connectivity index (χ1) is 16.8. The van der Waals surface area contributed by atoms with Crippen molar-refractivity contribution < 1.29 is 33.3 Å². The van der Waals surface area contributed by atoms with Crippen LogP contribution in [0.15, 0.2) is 42.5 Å². The predicted molar refractivity (Wildman–Crippen MR) is 133 cm³/mol. The van der Waals surface area contributed by atoms with Gasteiger partial charge in [0.2, 0.25) is 0 Å². The first-order valence-electron chi connectivity index (χ1n) is 10.2. The predicted octanol–water partition coefficient (Wildman–Crippen LogP) is 4.78. The van der Waals surface area contributed by atoms with Crippen LogP contribution in [-0.4, -0.2) is 45.7 Å². The molecule has 1 aromatic heterocycles. The van der Waals surface area contributed by atoms with Gasteiger partial charge in [-0.25, -0.2) is 4.79 Å². The Morgan fingerprint density at radius 1 is 0.943 bits per heavy atom. The molecule has 0 bridgehead atoms. The number of hydrogen-bond donors (Lipinski definition) is 2. The number of methoxy groups -OCH3 is 3. The van der Waals surface area contributed by atoms with Crippen LogP contribution in [0.3, 0.4) is 0 Å². The minimum absolute atomic E-state index is 0.0834. The van der Waals surface area contributed by atoms with Crippen LogP contribution in [0.4, 0.5) is 10.7 Å². The topological polar surface area (TPSA) is 112 Å². The lowest BCUT2D eigenvalue weighted by Crippen LogP contribution is -2.21. The molecule has 0 radical (unpaired) electrons. The average molecular weight is 519 g/mol. The Kier molecular flexibility index (Phi) is 8.56. The summed E-state index contributed by atoms with van der Waals surface area (Å²) in [6, 6.07) is 11.5. The highest BCUT2D eigenvalue weighted by Gasteiger charge is 2.27. The second-order valence-corrected chi connectivity index (χ2v) is 8.52. The van der Waals surface area contributed by atoms with Crippen molar-refractivity contribution >= 4 is 51.4 Å². The number of esters is 1. The molecule has 0 saturated carbocycles. The summed E-state index contributed by atoms with van der Waals surface area (Å²) in [5, 5.41) is 6.10. The van der Waals surface area contributed by atoms with Gasteiger partial charge in [0.15, 0.2) is 6.61 Å². The Morgan fingerprint density at radius 3 is 2.26 bits per heavy atom. The molecule has 35 heavy (non-hydrogen) atoms. The molecule has 11 heteroatoms. The standard InChI is InChI=1S/C24H23ClN2O7S/c1-13-20(24(30)33-4)23(27-19(28)12-34-15-7-5-14(25)6-8-15)35-21(13)22(29)26-17-11-16(31-2)9-10-18(17)32-3/h5-11H,12H2,1-4H3,(H,26,29)(H,27,28). The van der Waals surface area contributed by atoms with E-state index in [1.807, 2.05) is 0 Å². The van der Waals surface area contributed by atoms with E-state index in [1.165, 1.54) is 21.3 Å². The summed E-state index contributed by atoms with van der Waals surface area (Å²) in [5.74, 6) is -0.310. The van der Waals surface area contributed by atoms with Crippen LogP contribution < -0.4 is 24.8 Å². The molecular formula is C24H23ClN2O7S. The zero-order valence-corrected chi connectivity index (χ0v) is 21.0. The maximum atomic E-state index is 13.1. The molecule has 0 saturated heterocycles. The Bertz CT molecular complexity index is 1240. The summed E-state index contributed by atoms with van der Waals surface area (Å²) < 4.78 is 20.8. The van der Waals surface area contributed by atoms with Gasteiger partial charge in [-0.2, -0.15) is 0 Å². The fourth-order valence-corrected chi connectivity index (χ4v) is 4.33. The van der Waals surface area contributed by atoms with Gasteiger partial charge in [-0.3, -0.25) is 9.59 Å². The Balaban J connectivity index is 1.82. The summed E-state index contributed by atoms with van der Waals surface area (Å²) in [4.78, 5) is 38.3. The number of carbonyl (C=O) groups is 3. The van der Waals surface area contributed by atoms with Crippen molar-refractivity contribution in [2.45, 2.75) is 6.92 Å². The molecule has 0 aliphatic heterocycles. The van der Waals surface area contributed by atoms with E-state index >= 15 is 0 Å². The van der Waals surface area contributed by atoms with Gasteiger partial charge in [-0.05, 0) is 48.9 Å². The monoisotopic (exact) mass is 518 g/mol. The van der Waals surface area contributed by atoms with E-state index in [-0.39, 0.29) is 22.0 Å². The zero-order valence-electron chi connectivity index (χ0n) is 19.4. The van der Waals surface area contributed by atoms with Gasteiger partial charge in [0.1, 0.15) is 22.2 Å². The maximum Gasteiger partial charge on any atom is 0.341 e. The largest absolute Gasteiger partial charge is 0.497 e. The molecular weight excluding hydrogens is 496 g/mol. The van der Waals surface area contributed by atoms with Crippen molar-refractivity contribution in [1.82, 2.24) is 0 Å². The molecule has 2 amide bonds. The van der Waals surface area contributed by atoms with Gasteiger partial charge in [0.05, 0.1) is 37.5 Å². The quantitative estimate of drug-likeness (QED) is 0.392. The zero-order chi connectivity index (χ0) is 25.5. The second kappa shape index (κ2) is 11.6. The molecule has 2 N–H and O–H groups in total. The fraction of sp³-hybridized carbons (Fsp3) is 0.208. The highest BCUT2D eigenvalue weighted by atomic mass is 35.5. The Labute approximate surface area is 210 Å². The molecule has 3 aromatic rings. The number of rotatable bonds is 9. The number of carbonyl (C=O) groups excluding carboxylic acids is 3. The summed E-state index contributed by atoms with van der Waals surface area (Å²) in [6.45, 7) is 1.28. The molecule has 0 unspecified atom stereocenters. The van der Waals surface area contributed by atoms with Crippen LogP contribution >= 0.6 is 22.9 Å². The van der Waals surface area contributed by atoms with Crippen LogP contribution in [0, 0.1) is 6.92 Å². The van der Waals surface area contributed by atoms with Crippen LogP contribution in [0.1, 0.15) is 25.6 Å². The molecule has 184 valence electrons. The molecule has 9 nitrogen and oxygen atoms in total. The van der Waals surface area contributed by atoms with Gasteiger partial charge in [-0.1, -0.05) is 11.6 Å². The summed E-state index contributed by atoms with van der Waals surface area (Å²) in [5.41, 5.74) is 0.821. The van der Waals surface area contributed by atoms with Gasteiger partial charge in [0, 0.05) is 11.1 Å². The van der Waals surface area contributed by atoms with Crippen LogP contribution in [0.25, 0.3) is 0 Å². The van der Waals surface area contributed by atoms with Crippen LogP contribution in [0.5, 0.6) is 17.2 Å². The highest BCUT2D eigenvalue weighted by molar-refractivity contribution is 7.19. The van der Waals surface area contributed by atoms with Crippen LogP contribution in [-0.2, 0) is 9.53 Å². The normalized spacial score (nSPS) is 10.3.